The zero-order valence-electron chi connectivity index (χ0n) is 16.6. The first kappa shape index (κ1) is 19.4. The van der Waals surface area contributed by atoms with Crippen LogP contribution in [0.4, 0.5) is 0 Å². The highest BCUT2D eigenvalue weighted by molar-refractivity contribution is 6.09. The topological polar surface area (TPSA) is 59.4 Å². The third-order valence-corrected chi connectivity index (χ3v) is 4.79. The molecule has 0 spiro atoms. The van der Waals surface area contributed by atoms with Crippen molar-refractivity contribution < 1.29 is 14.6 Å². The number of phenolic OH excluding ortho intramolecular Hbond substituents is 1. The van der Waals surface area contributed by atoms with Crippen LogP contribution in [0.2, 0.25) is 0 Å². The number of para-hydroxylation sites is 1. The first-order valence-electron chi connectivity index (χ1n) is 9.79. The average Bonchev–Trinajstić information content (AvgIpc) is 2.78. The highest BCUT2D eigenvalue weighted by Gasteiger charge is 2.22. The second-order valence-corrected chi connectivity index (χ2v) is 6.78. The summed E-state index contributed by atoms with van der Waals surface area (Å²) in [7, 11) is 0. The number of hydrogen-bond acceptors (Lipinski definition) is 4. The van der Waals surface area contributed by atoms with E-state index in [0.717, 1.165) is 27.6 Å². The average molecular weight is 395 g/mol. The lowest BCUT2D eigenvalue weighted by Crippen LogP contribution is -2.10. The molecule has 4 heteroatoms. The predicted molar refractivity (Wildman–Crippen MR) is 120 cm³/mol. The molecule has 0 aliphatic carbocycles. The summed E-state index contributed by atoms with van der Waals surface area (Å²) in [6.07, 6.45) is 3.69. The molecular weight excluding hydrogens is 374 g/mol. The number of ether oxygens (including phenoxy) is 1. The Bertz CT molecular complexity index is 1210. The summed E-state index contributed by atoms with van der Waals surface area (Å²) in [5.41, 5.74) is 4.41. The van der Waals surface area contributed by atoms with Gasteiger partial charge in [-0.15, -0.1) is 0 Å². The number of benzene rings is 3. The lowest BCUT2D eigenvalue weighted by Gasteiger charge is -2.15. The van der Waals surface area contributed by atoms with Gasteiger partial charge >= 0.3 is 5.97 Å². The van der Waals surface area contributed by atoms with E-state index >= 15 is 0 Å². The minimum atomic E-state index is -0.403. The third kappa shape index (κ3) is 3.94. The highest BCUT2D eigenvalue weighted by atomic mass is 16.5. The molecule has 30 heavy (non-hydrogen) atoms. The Kier molecular flexibility index (Phi) is 5.57. The minimum absolute atomic E-state index is 0.203. The fourth-order valence-electron chi connectivity index (χ4n) is 3.43. The van der Waals surface area contributed by atoms with Crippen LogP contribution in [0.3, 0.4) is 0 Å². The monoisotopic (exact) mass is 395 g/mol. The van der Waals surface area contributed by atoms with Gasteiger partial charge in [-0.3, -0.25) is 0 Å². The molecule has 0 amide bonds. The molecule has 0 fully saturated rings. The molecule has 1 N–H and O–H groups in total. The van der Waals surface area contributed by atoms with Gasteiger partial charge < -0.3 is 9.84 Å². The number of hydrogen-bond donors (Lipinski definition) is 1. The first-order chi connectivity index (χ1) is 14.7. The van der Waals surface area contributed by atoms with Crippen molar-refractivity contribution in [2.24, 2.45) is 0 Å². The Morgan fingerprint density at radius 2 is 1.63 bits per heavy atom. The van der Waals surface area contributed by atoms with Gasteiger partial charge in [-0.05, 0) is 42.3 Å². The zero-order chi connectivity index (χ0) is 20.9. The second kappa shape index (κ2) is 8.62. The number of aromatic hydroxyl groups is 1. The standard InChI is InChI=1S/C26H21NO3/c1-2-30-26(29)25-23(17-14-18-12-15-20(28)16-13-18)27-22-11-7-6-10-21(22)24(25)19-8-4-3-5-9-19/h3-17,28H,2H2,1H3/b17-14+. The smallest absolute Gasteiger partial charge is 0.340 e. The minimum Gasteiger partial charge on any atom is -0.508 e. The van der Waals surface area contributed by atoms with Crippen molar-refractivity contribution in [3.8, 4) is 16.9 Å². The molecule has 0 atom stereocenters. The van der Waals surface area contributed by atoms with Gasteiger partial charge in [-0.1, -0.05) is 66.7 Å². The number of esters is 1. The number of rotatable bonds is 5. The van der Waals surface area contributed by atoms with Crippen LogP contribution in [0.1, 0.15) is 28.5 Å². The summed E-state index contributed by atoms with van der Waals surface area (Å²) >= 11 is 0. The van der Waals surface area contributed by atoms with Crippen molar-refractivity contribution >= 4 is 29.0 Å². The molecule has 0 bridgehead atoms. The Balaban J connectivity index is 1.97. The SMILES string of the molecule is CCOC(=O)c1c(/C=C/c2ccc(O)cc2)nc2ccccc2c1-c1ccccc1. The van der Waals surface area contributed by atoms with Gasteiger partial charge in [0.25, 0.3) is 0 Å². The lowest BCUT2D eigenvalue weighted by molar-refractivity contribution is 0.0526. The quantitative estimate of drug-likeness (QED) is 0.424. The maximum atomic E-state index is 13.0. The lowest BCUT2D eigenvalue weighted by atomic mass is 9.93. The molecule has 148 valence electrons. The molecule has 3 aromatic carbocycles. The van der Waals surface area contributed by atoms with E-state index in [0.29, 0.717) is 11.3 Å². The van der Waals surface area contributed by atoms with Crippen LogP contribution in [-0.2, 0) is 4.74 Å². The van der Waals surface area contributed by atoms with Gasteiger partial charge in [0.2, 0.25) is 0 Å². The number of pyridine rings is 1. The highest BCUT2D eigenvalue weighted by Crippen LogP contribution is 2.34. The molecular formula is C26H21NO3. The Labute approximate surface area is 175 Å². The largest absolute Gasteiger partial charge is 0.508 e. The van der Waals surface area contributed by atoms with Crippen LogP contribution in [0.15, 0.2) is 78.9 Å². The van der Waals surface area contributed by atoms with E-state index in [4.69, 9.17) is 9.72 Å². The van der Waals surface area contributed by atoms with Crippen molar-refractivity contribution in [3.63, 3.8) is 0 Å². The predicted octanol–water partition coefficient (Wildman–Crippen LogP) is 5.95. The summed E-state index contributed by atoms with van der Waals surface area (Å²) in [5.74, 6) is -0.200. The maximum Gasteiger partial charge on any atom is 0.340 e. The number of nitrogens with zero attached hydrogens (tertiary/aromatic N) is 1. The van der Waals surface area contributed by atoms with Crippen molar-refractivity contribution in [2.75, 3.05) is 6.61 Å². The first-order valence-corrected chi connectivity index (χ1v) is 9.79. The van der Waals surface area contributed by atoms with Gasteiger partial charge in [-0.25, -0.2) is 9.78 Å². The van der Waals surface area contributed by atoms with Crippen molar-refractivity contribution in [1.29, 1.82) is 0 Å². The number of aromatic nitrogens is 1. The van der Waals surface area contributed by atoms with Crippen LogP contribution >= 0.6 is 0 Å². The van der Waals surface area contributed by atoms with Gasteiger partial charge in [0, 0.05) is 10.9 Å². The summed E-state index contributed by atoms with van der Waals surface area (Å²) in [4.78, 5) is 17.8. The summed E-state index contributed by atoms with van der Waals surface area (Å²) in [6, 6.07) is 24.4. The molecule has 0 aliphatic rings. The van der Waals surface area contributed by atoms with E-state index in [2.05, 4.69) is 0 Å². The molecule has 0 saturated carbocycles. The van der Waals surface area contributed by atoms with Crippen LogP contribution in [0.25, 0.3) is 34.2 Å². The summed E-state index contributed by atoms with van der Waals surface area (Å²) in [5, 5.41) is 10.4. The van der Waals surface area contributed by atoms with E-state index < -0.39 is 5.97 Å². The van der Waals surface area contributed by atoms with Crippen LogP contribution < -0.4 is 0 Å². The van der Waals surface area contributed by atoms with E-state index in [1.54, 1.807) is 31.2 Å². The van der Waals surface area contributed by atoms with E-state index in [1.165, 1.54) is 0 Å². The Morgan fingerprint density at radius 1 is 0.933 bits per heavy atom. The van der Waals surface area contributed by atoms with E-state index in [-0.39, 0.29) is 12.4 Å². The molecule has 1 heterocycles. The van der Waals surface area contributed by atoms with Gasteiger partial charge in [-0.2, -0.15) is 0 Å². The molecule has 4 nitrogen and oxygen atoms in total. The maximum absolute atomic E-state index is 13.0. The molecule has 0 saturated heterocycles. The Morgan fingerprint density at radius 3 is 2.37 bits per heavy atom. The zero-order valence-corrected chi connectivity index (χ0v) is 16.6. The van der Waals surface area contributed by atoms with Gasteiger partial charge in [0.05, 0.1) is 23.4 Å². The molecule has 4 aromatic rings. The molecule has 0 aliphatic heterocycles. The molecule has 4 rings (SSSR count). The van der Waals surface area contributed by atoms with Crippen LogP contribution in [-0.4, -0.2) is 22.7 Å². The third-order valence-electron chi connectivity index (χ3n) is 4.79. The normalized spacial score (nSPS) is 11.1. The summed E-state index contributed by atoms with van der Waals surface area (Å²) < 4.78 is 5.40. The fraction of sp³-hybridized carbons (Fsp3) is 0.0769. The molecule has 1 aromatic heterocycles. The van der Waals surface area contributed by atoms with E-state index in [9.17, 15) is 9.90 Å². The summed E-state index contributed by atoms with van der Waals surface area (Å²) in [6.45, 7) is 2.07. The van der Waals surface area contributed by atoms with E-state index in [1.807, 2.05) is 66.7 Å². The number of carbonyl (C=O) groups is 1. The van der Waals surface area contributed by atoms with Crippen molar-refractivity contribution in [3.05, 3.63) is 95.7 Å². The van der Waals surface area contributed by atoms with Gasteiger partial charge in [0.15, 0.2) is 0 Å². The van der Waals surface area contributed by atoms with Crippen molar-refractivity contribution in [2.45, 2.75) is 6.92 Å². The fourth-order valence-corrected chi connectivity index (χ4v) is 3.43. The van der Waals surface area contributed by atoms with Crippen LogP contribution in [0, 0.1) is 0 Å². The van der Waals surface area contributed by atoms with Crippen LogP contribution in [0.5, 0.6) is 5.75 Å². The molecule has 0 radical (unpaired) electrons. The van der Waals surface area contributed by atoms with Crippen molar-refractivity contribution in [1.82, 2.24) is 4.98 Å². The number of fused-ring (bicyclic) bond motifs is 1. The second-order valence-electron chi connectivity index (χ2n) is 6.78. The Hall–Kier alpha value is -3.92. The van der Waals surface area contributed by atoms with Gasteiger partial charge in [0.1, 0.15) is 5.75 Å². The number of carbonyl (C=O) groups excluding carboxylic acids is 1. The number of phenols is 1. The molecule has 0 unspecified atom stereocenters.